The molecule has 0 aliphatic heterocycles. The van der Waals surface area contributed by atoms with Gasteiger partial charge in [-0.1, -0.05) is 0 Å². The molecule has 0 amide bonds. The quantitative estimate of drug-likeness (QED) is 0.607. The predicted molar refractivity (Wildman–Crippen MR) is 54.9 cm³/mol. The second kappa shape index (κ2) is 4.39. The van der Waals surface area contributed by atoms with Crippen molar-refractivity contribution in [3.05, 3.63) is 47.4 Å². The van der Waals surface area contributed by atoms with Crippen LogP contribution >= 0.6 is 11.6 Å². The van der Waals surface area contributed by atoms with E-state index in [1.165, 1.54) is 6.26 Å². The smallest absolute Gasteiger partial charge is 0.198 e. The highest BCUT2D eigenvalue weighted by atomic mass is 35.5. The largest absolute Gasteiger partial charge is 0.453 e. The number of nitrogens with zero attached hydrogens (tertiary/aromatic N) is 2. The van der Waals surface area contributed by atoms with Crippen LogP contribution in [-0.2, 0) is 0 Å². The van der Waals surface area contributed by atoms with Crippen LogP contribution < -0.4 is 11.3 Å². The van der Waals surface area contributed by atoms with Gasteiger partial charge in [-0.05, 0) is 17.7 Å². The van der Waals surface area contributed by atoms with Gasteiger partial charge >= 0.3 is 0 Å². The second-order valence-corrected chi connectivity index (χ2v) is 3.22. The molecule has 0 saturated heterocycles. The Morgan fingerprint density at radius 1 is 1.47 bits per heavy atom. The lowest BCUT2D eigenvalue weighted by atomic mass is 10.1. The van der Waals surface area contributed by atoms with Gasteiger partial charge in [0.2, 0.25) is 0 Å². The molecule has 15 heavy (non-hydrogen) atoms. The van der Waals surface area contributed by atoms with Gasteiger partial charge in [-0.2, -0.15) is 0 Å². The SMILES string of the molecule is NNC(c1cnccn1)c1ccoc1Cl. The summed E-state index contributed by atoms with van der Waals surface area (Å²) in [6.07, 6.45) is 6.30. The van der Waals surface area contributed by atoms with Crippen LogP contribution in [0.1, 0.15) is 17.3 Å². The molecule has 0 spiro atoms. The highest BCUT2D eigenvalue weighted by Crippen LogP contribution is 2.26. The van der Waals surface area contributed by atoms with Gasteiger partial charge in [0.25, 0.3) is 0 Å². The Kier molecular flexibility index (Phi) is 2.96. The fraction of sp³-hybridized carbons (Fsp3) is 0.111. The zero-order chi connectivity index (χ0) is 10.7. The molecule has 78 valence electrons. The minimum absolute atomic E-state index is 0.295. The van der Waals surface area contributed by atoms with Crippen molar-refractivity contribution in [3.8, 4) is 0 Å². The maximum absolute atomic E-state index is 5.85. The van der Waals surface area contributed by atoms with Gasteiger partial charge in [0.1, 0.15) is 0 Å². The number of furan rings is 1. The Morgan fingerprint density at radius 3 is 2.87 bits per heavy atom. The van der Waals surface area contributed by atoms with Gasteiger partial charge in [0, 0.05) is 18.0 Å². The number of rotatable bonds is 3. The molecule has 1 unspecified atom stereocenters. The molecule has 2 aromatic rings. The first-order valence-corrected chi connectivity index (χ1v) is 4.65. The van der Waals surface area contributed by atoms with Crippen molar-refractivity contribution < 1.29 is 4.42 Å². The lowest BCUT2D eigenvalue weighted by Gasteiger charge is -2.12. The molecule has 0 aliphatic rings. The van der Waals surface area contributed by atoms with Gasteiger partial charge in [-0.15, -0.1) is 0 Å². The molecule has 2 rings (SSSR count). The van der Waals surface area contributed by atoms with Crippen LogP contribution in [0.2, 0.25) is 5.22 Å². The zero-order valence-electron chi connectivity index (χ0n) is 7.72. The Balaban J connectivity index is 2.37. The van der Waals surface area contributed by atoms with Gasteiger partial charge in [-0.25, -0.2) is 5.43 Å². The van der Waals surface area contributed by atoms with Crippen LogP contribution in [0.3, 0.4) is 0 Å². The Bertz CT molecular complexity index is 431. The molecule has 0 radical (unpaired) electrons. The van der Waals surface area contributed by atoms with Gasteiger partial charge in [-0.3, -0.25) is 15.8 Å². The van der Waals surface area contributed by atoms with E-state index in [9.17, 15) is 0 Å². The molecule has 1 atom stereocenters. The average Bonchev–Trinajstić information content (AvgIpc) is 2.68. The zero-order valence-corrected chi connectivity index (χ0v) is 8.48. The van der Waals surface area contributed by atoms with Crippen LogP contribution in [0, 0.1) is 0 Å². The summed E-state index contributed by atoms with van der Waals surface area (Å²) in [6.45, 7) is 0. The highest BCUT2D eigenvalue weighted by molar-refractivity contribution is 6.29. The number of halogens is 1. The topological polar surface area (TPSA) is 77.0 Å². The van der Waals surface area contributed by atoms with Crippen molar-refractivity contribution in [2.75, 3.05) is 0 Å². The van der Waals surface area contributed by atoms with Crippen LogP contribution in [0.25, 0.3) is 0 Å². The average molecular weight is 225 g/mol. The summed E-state index contributed by atoms with van der Waals surface area (Å²) in [5.41, 5.74) is 4.03. The lowest BCUT2D eigenvalue weighted by Crippen LogP contribution is -2.29. The van der Waals surface area contributed by atoms with E-state index in [0.29, 0.717) is 10.9 Å². The minimum Gasteiger partial charge on any atom is -0.453 e. The van der Waals surface area contributed by atoms with E-state index in [1.807, 2.05) is 0 Å². The molecular weight excluding hydrogens is 216 g/mol. The predicted octanol–water partition coefficient (Wildman–Crippen LogP) is 1.28. The van der Waals surface area contributed by atoms with E-state index in [0.717, 1.165) is 5.56 Å². The van der Waals surface area contributed by atoms with Crippen molar-refractivity contribution in [2.45, 2.75) is 6.04 Å². The third-order valence-corrected chi connectivity index (χ3v) is 2.31. The molecule has 2 aromatic heterocycles. The third-order valence-electron chi connectivity index (χ3n) is 2.00. The molecule has 2 heterocycles. The van der Waals surface area contributed by atoms with Crippen LogP contribution in [0.15, 0.2) is 35.3 Å². The fourth-order valence-corrected chi connectivity index (χ4v) is 1.53. The van der Waals surface area contributed by atoms with E-state index >= 15 is 0 Å². The summed E-state index contributed by atoms with van der Waals surface area (Å²) in [4.78, 5) is 8.10. The van der Waals surface area contributed by atoms with E-state index in [2.05, 4.69) is 15.4 Å². The Hall–Kier alpha value is -1.43. The fourth-order valence-electron chi connectivity index (χ4n) is 1.30. The molecule has 5 nitrogen and oxygen atoms in total. The van der Waals surface area contributed by atoms with E-state index in [4.69, 9.17) is 21.9 Å². The van der Waals surface area contributed by atoms with Crippen LogP contribution in [-0.4, -0.2) is 9.97 Å². The number of hydrogen-bond donors (Lipinski definition) is 2. The third kappa shape index (κ3) is 1.99. The highest BCUT2D eigenvalue weighted by Gasteiger charge is 2.18. The van der Waals surface area contributed by atoms with E-state index < -0.39 is 0 Å². The van der Waals surface area contributed by atoms with Gasteiger partial charge in [0.15, 0.2) is 5.22 Å². The summed E-state index contributed by atoms with van der Waals surface area (Å²) in [5, 5.41) is 0.295. The Morgan fingerprint density at radius 2 is 2.33 bits per heavy atom. The maximum atomic E-state index is 5.85. The van der Waals surface area contributed by atoms with Crippen molar-refractivity contribution in [3.63, 3.8) is 0 Å². The number of aromatic nitrogens is 2. The lowest BCUT2D eigenvalue weighted by molar-refractivity contribution is 0.552. The van der Waals surface area contributed by atoms with Gasteiger partial charge in [0.05, 0.1) is 24.2 Å². The Labute approximate surface area is 91.3 Å². The molecule has 0 aromatic carbocycles. The van der Waals surface area contributed by atoms with Crippen LogP contribution in [0.4, 0.5) is 0 Å². The molecule has 0 bridgehead atoms. The molecule has 0 fully saturated rings. The van der Waals surface area contributed by atoms with Crippen molar-refractivity contribution in [1.29, 1.82) is 0 Å². The monoisotopic (exact) mass is 224 g/mol. The molecular formula is C9H9ClN4O. The summed E-state index contributed by atoms with van der Waals surface area (Å²) in [6, 6.07) is 1.42. The van der Waals surface area contributed by atoms with Crippen LogP contribution in [0.5, 0.6) is 0 Å². The summed E-state index contributed by atoms with van der Waals surface area (Å²) >= 11 is 5.85. The molecule has 0 saturated carbocycles. The first-order valence-electron chi connectivity index (χ1n) is 4.28. The number of hydrazine groups is 1. The van der Waals surface area contributed by atoms with Crippen molar-refractivity contribution in [1.82, 2.24) is 15.4 Å². The summed E-state index contributed by atoms with van der Waals surface area (Å²) in [5.74, 6) is 5.45. The molecule has 6 heteroatoms. The standard InChI is InChI=1S/C9H9ClN4O/c10-9-6(1-4-15-9)8(14-11)7-5-12-2-3-13-7/h1-5,8,14H,11H2. The normalized spacial score (nSPS) is 12.7. The number of nitrogens with one attached hydrogen (secondary N) is 1. The summed E-state index contributed by atoms with van der Waals surface area (Å²) in [7, 11) is 0. The van der Waals surface area contributed by atoms with Crippen molar-refractivity contribution >= 4 is 11.6 Å². The first kappa shape index (κ1) is 10.1. The second-order valence-electron chi connectivity index (χ2n) is 2.88. The van der Waals surface area contributed by atoms with E-state index in [1.54, 1.807) is 24.7 Å². The minimum atomic E-state index is -0.315. The van der Waals surface area contributed by atoms with Crippen molar-refractivity contribution in [2.24, 2.45) is 5.84 Å². The maximum Gasteiger partial charge on any atom is 0.198 e. The number of hydrogen-bond acceptors (Lipinski definition) is 5. The summed E-state index contributed by atoms with van der Waals surface area (Å²) < 4.78 is 4.99. The van der Waals surface area contributed by atoms with E-state index in [-0.39, 0.29) is 6.04 Å². The molecule has 3 N–H and O–H groups in total. The first-order chi connectivity index (χ1) is 7.33. The number of nitrogens with two attached hydrogens (primary N) is 1. The molecule has 0 aliphatic carbocycles. The van der Waals surface area contributed by atoms with Gasteiger partial charge < -0.3 is 4.42 Å².